The molecule has 0 heterocycles. The molecule has 0 saturated heterocycles. The second-order valence-corrected chi connectivity index (χ2v) is 4.75. The van der Waals surface area contributed by atoms with E-state index in [4.69, 9.17) is 0 Å². The molecule has 7 nitrogen and oxygen atoms in total. The summed E-state index contributed by atoms with van der Waals surface area (Å²) in [6.07, 6.45) is -4.58. The van der Waals surface area contributed by atoms with Gasteiger partial charge in [0.1, 0.15) is 6.54 Å². The smallest absolute Gasteiger partial charge is 0.405 e. The first kappa shape index (κ1) is 17.9. The average molecular weight is 385 g/mol. The maximum Gasteiger partial charge on any atom is 0.405 e. The maximum absolute atomic E-state index is 11.8. The molecular weight excluding hydrogens is 377 g/mol. The van der Waals surface area contributed by atoms with E-state index in [1.165, 1.54) is 17.4 Å². The lowest BCUT2D eigenvalue weighted by atomic mass is 10.2. The molecule has 0 radical (unpaired) electrons. The topological polar surface area (TPSA) is 98.5 Å². The van der Waals surface area contributed by atoms with Crippen molar-refractivity contribution in [2.45, 2.75) is 6.18 Å². The summed E-state index contributed by atoms with van der Waals surface area (Å²) < 4.78 is 40.2. The third-order valence-corrected chi connectivity index (χ3v) is 2.87. The lowest BCUT2D eigenvalue weighted by molar-refractivity contribution is -0.385. The number of halogens is 4. The lowest BCUT2D eigenvalue weighted by Gasteiger charge is -2.08. The number of hydrogen-bond acceptors (Lipinski definition) is 5. The van der Waals surface area contributed by atoms with Crippen LogP contribution in [0.25, 0.3) is 0 Å². The molecule has 0 unspecified atom stereocenters. The number of carbonyl (C=O) groups is 2. The van der Waals surface area contributed by atoms with Crippen LogP contribution in [0.5, 0.6) is 0 Å². The van der Waals surface area contributed by atoms with E-state index in [1.54, 1.807) is 0 Å². The predicted octanol–water partition coefficient (Wildman–Crippen LogP) is 2.19. The van der Waals surface area contributed by atoms with E-state index in [2.05, 4.69) is 20.7 Å². The summed E-state index contributed by atoms with van der Waals surface area (Å²) in [5.74, 6) is -2.21. The van der Waals surface area contributed by atoms with Crippen molar-refractivity contribution in [1.29, 1.82) is 0 Å². The zero-order valence-corrected chi connectivity index (χ0v) is 12.2. The summed E-state index contributed by atoms with van der Waals surface area (Å²) in [5, 5.41) is 12.2. The van der Waals surface area contributed by atoms with Crippen molar-refractivity contribution in [2.75, 3.05) is 13.2 Å². The average Bonchev–Trinajstić information content (AvgIpc) is 2.41. The van der Waals surface area contributed by atoms with Crippen molar-refractivity contribution in [3.63, 3.8) is 0 Å². The number of nitrogens with one attached hydrogen (secondary N) is 1. The van der Waals surface area contributed by atoms with Crippen molar-refractivity contribution >= 4 is 33.5 Å². The molecule has 22 heavy (non-hydrogen) atoms. The number of rotatable bonds is 5. The maximum atomic E-state index is 11.8. The van der Waals surface area contributed by atoms with E-state index in [9.17, 15) is 32.9 Å². The van der Waals surface area contributed by atoms with Gasteiger partial charge >= 0.3 is 12.1 Å². The summed E-state index contributed by atoms with van der Waals surface area (Å²) >= 11 is 2.92. The Bertz CT molecular complexity index is 606. The van der Waals surface area contributed by atoms with Crippen molar-refractivity contribution < 1.29 is 32.4 Å². The minimum absolute atomic E-state index is 0.136. The standard InChI is InChI=1S/C11H8BrF3N2O5/c12-7-2-1-6(3-8(7)17(20)21)10(19)22-4-9(18)16-5-11(13,14)15/h1-3H,4-5H2,(H,16,18). The molecule has 1 aromatic rings. The first-order valence-electron chi connectivity index (χ1n) is 5.54. The van der Waals surface area contributed by atoms with Crippen LogP contribution in [0, 0.1) is 10.1 Å². The molecular formula is C11H8BrF3N2O5. The number of nitro groups is 1. The third kappa shape index (κ3) is 5.68. The Hall–Kier alpha value is -2.17. The van der Waals surface area contributed by atoms with Crippen LogP contribution in [0.1, 0.15) is 10.4 Å². The van der Waals surface area contributed by atoms with Gasteiger partial charge in [-0.3, -0.25) is 14.9 Å². The third-order valence-electron chi connectivity index (χ3n) is 2.20. The molecule has 0 atom stereocenters. The monoisotopic (exact) mass is 384 g/mol. The fraction of sp³-hybridized carbons (Fsp3) is 0.273. The molecule has 1 aromatic carbocycles. The van der Waals surface area contributed by atoms with E-state index in [0.29, 0.717) is 0 Å². The summed E-state index contributed by atoms with van der Waals surface area (Å²) in [6.45, 7) is -2.48. The Kier molecular flexibility index (Phi) is 5.85. The highest BCUT2D eigenvalue weighted by atomic mass is 79.9. The molecule has 120 valence electrons. The van der Waals surface area contributed by atoms with Gasteiger partial charge in [-0.1, -0.05) is 0 Å². The van der Waals surface area contributed by atoms with E-state index in [0.717, 1.165) is 6.07 Å². The lowest BCUT2D eigenvalue weighted by Crippen LogP contribution is -2.36. The minimum atomic E-state index is -4.58. The number of carbonyl (C=O) groups excluding carboxylic acids is 2. The predicted molar refractivity (Wildman–Crippen MR) is 70.1 cm³/mol. The zero-order chi connectivity index (χ0) is 16.9. The van der Waals surface area contributed by atoms with Gasteiger partial charge in [0.05, 0.1) is 15.0 Å². The number of esters is 1. The molecule has 0 aliphatic heterocycles. The summed E-state index contributed by atoms with van der Waals surface area (Å²) in [5.41, 5.74) is -0.602. The second kappa shape index (κ2) is 7.20. The largest absolute Gasteiger partial charge is 0.452 e. The van der Waals surface area contributed by atoms with Crippen LogP contribution in [-0.2, 0) is 9.53 Å². The molecule has 0 aromatic heterocycles. The van der Waals surface area contributed by atoms with Gasteiger partial charge in [-0.15, -0.1) is 0 Å². The van der Waals surface area contributed by atoms with Crippen molar-refractivity contribution in [3.05, 3.63) is 38.3 Å². The molecule has 11 heteroatoms. The van der Waals surface area contributed by atoms with Crippen LogP contribution in [0.3, 0.4) is 0 Å². The highest BCUT2D eigenvalue weighted by Crippen LogP contribution is 2.25. The van der Waals surface area contributed by atoms with Crippen LogP contribution in [0.15, 0.2) is 22.7 Å². The van der Waals surface area contributed by atoms with Gasteiger partial charge < -0.3 is 10.1 Å². The van der Waals surface area contributed by atoms with Gasteiger partial charge in [0.2, 0.25) is 0 Å². The van der Waals surface area contributed by atoms with E-state index in [1.807, 2.05) is 0 Å². The summed E-state index contributed by atoms with van der Waals surface area (Å²) in [7, 11) is 0. The van der Waals surface area contributed by atoms with Crippen LogP contribution in [-0.4, -0.2) is 36.1 Å². The second-order valence-electron chi connectivity index (χ2n) is 3.89. The van der Waals surface area contributed by atoms with E-state index < -0.39 is 41.8 Å². The fourth-order valence-corrected chi connectivity index (χ4v) is 1.64. The first-order valence-corrected chi connectivity index (χ1v) is 6.34. The molecule has 0 fully saturated rings. The van der Waals surface area contributed by atoms with Crippen LogP contribution >= 0.6 is 15.9 Å². The van der Waals surface area contributed by atoms with Gasteiger partial charge in [0, 0.05) is 6.07 Å². The highest BCUT2D eigenvalue weighted by molar-refractivity contribution is 9.10. The number of ether oxygens (including phenoxy) is 1. The normalized spacial score (nSPS) is 10.9. The molecule has 0 bridgehead atoms. The molecule has 1 N–H and O–H groups in total. The van der Waals surface area contributed by atoms with Crippen molar-refractivity contribution in [1.82, 2.24) is 5.32 Å². The Morgan fingerprint density at radius 2 is 2.00 bits per heavy atom. The SMILES string of the molecule is O=C(COC(=O)c1ccc(Br)c([N+](=O)[O-])c1)NCC(F)(F)F. The number of alkyl halides is 3. The van der Waals surface area contributed by atoms with Gasteiger partial charge in [-0.25, -0.2) is 4.79 Å². The summed E-state index contributed by atoms with van der Waals surface area (Å²) in [4.78, 5) is 32.6. The molecule has 1 amide bonds. The Labute approximate surface area is 129 Å². The van der Waals surface area contributed by atoms with Crippen molar-refractivity contribution in [3.8, 4) is 0 Å². The van der Waals surface area contributed by atoms with Crippen LogP contribution < -0.4 is 5.32 Å². The number of nitro benzene ring substituents is 1. The van der Waals surface area contributed by atoms with Gasteiger partial charge in [-0.05, 0) is 28.1 Å². The van der Waals surface area contributed by atoms with Crippen LogP contribution in [0.2, 0.25) is 0 Å². The molecule has 1 rings (SSSR count). The molecule has 0 saturated carbocycles. The summed E-state index contributed by atoms with van der Waals surface area (Å²) in [6, 6.07) is 3.35. The number of benzene rings is 1. The zero-order valence-electron chi connectivity index (χ0n) is 10.6. The van der Waals surface area contributed by atoms with Crippen molar-refractivity contribution in [2.24, 2.45) is 0 Å². The first-order chi connectivity index (χ1) is 10.1. The quantitative estimate of drug-likeness (QED) is 0.476. The number of hydrogen-bond donors (Lipinski definition) is 1. The van der Waals surface area contributed by atoms with Gasteiger partial charge in [0.15, 0.2) is 6.61 Å². The molecule has 0 aliphatic carbocycles. The van der Waals surface area contributed by atoms with Gasteiger partial charge in [0.25, 0.3) is 11.6 Å². The number of nitrogens with zero attached hydrogens (tertiary/aromatic N) is 1. The van der Waals surface area contributed by atoms with Gasteiger partial charge in [-0.2, -0.15) is 13.2 Å². The Morgan fingerprint density at radius 3 is 2.55 bits per heavy atom. The Morgan fingerprint density at radius 1 is 1.36 bits per heavy atom. The Balaban J connectivity index is 2.61. The van der Waals surface area contributed by atoms with E-state index in [-0.39, 0.29) is 10.0 Å². The molecule has 0 spiro atoms. The highest BCUT2D eigenvalue weighted by Gasteiger charge is 2.28. The molecule has 0 aliphatic rings. The van der Waals surface area contributed by atoms with Crippen LogP contribution in [0.4, 0.5) is 18.9 Å². The van der Waals surface area contributed by atoms with E-state index >= 15 is 0 Å². The fourth-order valence-electron chi connectivity index (χ4n) is 1.24. The number of amides is 1. The minimum Gasteiger partial charge on any atom is -0.452 e.